The summed E-state index contributed by atoms with van der Waals surface area (Å²) in [5.74, 6) is 0. The van der Waals surface area contributed by atoms with Crippen LogP contribution in [-0.4, -0.2) is 48.3 Å². The first kappa shape index (κ1) is 13.2. The van der Waals surface area contributed by atoms with Crippen LogP contribution in [0.1, 0.15) is 18.6 Å². The van der Waals surface area contributed by atoms with Gasteiger partial charge in [0.15, 0.2) is 0 Å². The lowest BCUT2D eigenvalue weighted by Crippen LogP contribution is -2.13. The van der Waals surface area contributed by atoms with Crippen molar-refractivity contribution in [2.75, 3.05) is 38.2 Å². The predicted octanol–water partition coefficient (Wildman–Crippen LogP) is 2.21. The van der Waals surface area contributed by atoms with E-state index in [4.69, 9.17) is 10.3 Å². The van der Waals surface area contributed by atoms with Crippen LogP contribution in [0.25, 0.3) is 0 Å². The van der Waals surface area contributed by atoms with E-state index in [-0.39, 0.29) is 6.10 Å². The van der Waals surface area contributed by atoms with Gasteiger partial charge in [0.25, 0.3) is 0 Å². The van der Waals surface area contributed by atoms with Crippen molar-refractivity contribution in [2.24, 2.45) is 0 Å². The lowest BCUT2D eigenvalue weighted by Gasteiger charge is -2.30. The highest BCUT2D eigenvalue weighted by molar-refractivity contribution is 7.67. The fourth-order valence-electron chi connectivity index (χ4n) is 2.36. The molecule has 0 aliphatic carbocycles. The Labute approximate surface area is 115 Å². The molecular formula is C14H22N3OP. The molecule has 104 valence electrons. The zero-order valence-electron chi connectivity index (χ0n) is 11.5. The van der Waals surface area contributed by atoms with Gasteiger partial charge in [0.05, 0.1) is 19.7 Å². The molecule has 2 aliphatic rings. The van der Waals surface area contributed by atoms with E-state index in [0.29, 0.717) is 0 Å². The molecule has 3 rings (SSSR count). The minimum atomic E-state index is -1.71. The van der Waals surface area contributed by atoms with Gasteiger partial charge in [-0.2, -0.15) is 0 Å². The Bertz CT molecular complexity index is 511. The Morgan fingerprint density at radius 1 is 1.32 bits per heavy atom. The van der Waals surface area contributed by atoms with Crippen molar-refractivity contribution in [3.05, 3.63) is 29.8 Å². The molecule has 2 heterocycles. The Balaban J connectivity index is 1.74. The van der Waals surface area contributed by atoms with E-state index < -0.39 is 7.26 Å². The minimum Gasteiger partial charge on any atom is -0.398 e. The average Bonchev–Trinajstić information content (AvgIpc) is 3.23. The van der Waals surface area contributed by atoms with Crippen LogP contribution < -0.4 is 5.73 Å². The molecule has 2 atom stereocenters. The Hall–Kier alpha value is -0.800. The third-order valence-electron chi connectivity index (χ3n) is 3.69. The summed E-state index contributed by atoms with van der Waals surface area (Å²) in [6.07, 6.45) is 5.44. The van der Waals surface area contributed by atoms with Gasteiger partial charge < -0.3 is 10.3 Å². The number of nitrogens with zero attached hydrogens (tertiary/aromatic N) is 2. The number of hydrogen-bond acceptors (Lipinski definition) is 4. The highest BCUT2D eigenvalue weighted by Gasteiger charge is 2.37. The van der Waals surface area contributed by atoms with Gasteiger partial charge in [-0.25, -0.2) is 0 Å². The zero-order valence-corrected chi connectivity index (χ0v) is 12.4. The Morgan fingerprint density at radius 2 is 2.00 bits per heavy atom. The van der Waals surface area contributed by atoms with E-state index in [1.807, 2.05) is 24.3 Å². The number of benzene rings is 1. The van der Waals surface area contributed by atoms with Gasteiger partial charge in [-0.15, -0.1) is 0 Å². The molecular weight excluding hydrogens is 257 g/mol. The molecule has 4 nitrogen and oxygen atoms in total. The van der Waals surface area contributed by atoms with E-state index in [2.05, 4.69) is 22.8 Å². The van der Waals surface area contributed by atoms with Crippen LogP contribution in [0.3, 0.4) is 0 Å². The Kier molecular flexibility index (Phi) is 3.44. The molecule has 2 aliphatic heterocycles. The maximum atomic E-state index is 6.38. The first-order chi connectivity index (χ1) is 9.08. The number of nitrogens with two attached hydrogens (primary N) is 1. The monoisotopic (exact) mass is 279 g/mol. The van der Waals surface area contributed by atoms with Crippen LogP contribution in [0.2, 0.25) is 0 Å². The van der Waals surface area contributed by atoms with Crippen LogP contribution in [0.5, 0.6) is 0 Å². The quantitative estimate of drug-likeness (QED) is 0.492. The molecule has 0 aromatic heterocycles. The smallest absolute Gasteiger partial charge is 0.0874 e. The van der Waals surface area contributed by atoms with Gasteiger partial charge in [-0.3, -0.25) is 9.57 Å². The molecule has 2 fully saturated rings. The average molecular weight is 279 g/mol. The van der Waals surface area contributed by atoms with Crippen LogP contribution in [0.15, 0.2) is 24.3 Å². The van der Waals surface area contributed by atoms with Gasteiger partial charge >= 0.3 is 0 Å². The molecule has 0 saturated carbocycles. The number of anilines is 1. The van der Waals surface area contributed by atoms with E-state index in [1.165, 1.54) is 13.1 Å². The standard InChI is InChI=1S/C14H22N3OP/c1-12(13-5-3-4-6-14(13)15)18-19(2,17-9-10-17)11-16-7-8-16/h3-6,12H,2,7-11,15H2,1H3. The van der Waals surface area contributed by atoms with E-state index in [1.54, 1.807) is 0 Å². The van der Waals surface area contributed by atoms with Crippen LogP contribution in [0, 0.1) is 0 Å². The number of nitrogen functional groups attached to an aromatic ring is 1. The second-order valence-electron chi connectivity index (χ2n) is 5.44. The summed E-state index contributed by atoms with van der Waals surface area (Å²) in [6.45, 7) is 6.72. The molecule has 2 saturated heterocycles. The molecule has 5 heteroatoms. The molecule has 0 radical (unpaired) electrons. The largest absolute Gasteiger partial charge is 0.398 e. The van der Waals surface area contributed by atoms with Crippen molar-refractivity contribution in [1.29, 1.82) is 0 Å². The topological polar surface area (TPSA) is 41.3 Å². The number of rotatable bonds is 6. The fraction of sp³-hybridized carbons (Fsp3) is 0.500. The maximum absolute atomic E-state index is 6.38. The van der Waals surface area contributed by atoms with E-state index in [0.717, 1.165) is 30.6 Å². The van der Waals surface area contributed by atoms with Crippen molar-refractivity contribution in [2.45, 2.75) is 13.0 Å². The van der Waals surface area contributed by atoms with Crippen molar-refractivity contribution in [3.8, 4) is 0 Å². The number of para-hydroxylation sites is 1. The second kappa shape index (κ2) is 4.95. The summed E-state index contributed by atoms with van der Waals surface area (Å²) in [5, 5.41) is 0. The Morgan fingerprint density at radius 3 is 2.58 bits per heavy atom. The molecule has 2 unspecified atom stereocenters. The SMILES string of the molecule is C=P(CN1CC1)(OC(C)c1ccccc1N)N1CC1. The zero-order chi connectivity index (χ0) is 13.5. The summed E-state index contributed by atoms with van der Waals surface area (Å²) < 4.78 is 8.77. The van der Waals surface area contributed by atoms with Gasteiger partial charge in [0.1, 0.15) is 0 Å². The van der Waals surface area contributed by atoms with E-state index >= 15 is 0 Å². The highest BCUT2D eigenvalue weighted by Crippen LogP contribution is 2.58. The normalized spacial score (nSPS) is 23.8. The molecule has 0 spiro atoms. The molecule has 1 aromatic rings. The highest BCUT2D eigenvalue weighted by atomic mass is 31.2. The maximum Gasteiger partial charge on any atom is 0.0874 e. The second-order valence-corrected chi connectivity index (χ2v) is 8.19. The lowest BCUT2D eigenvalue weighted by molar-refractivity contribution is 0.239. The van der Waals surface area contributed by atoms with Crippen molar-refractivity contribution in [3.63, 3.8) is 0 Å². The third kappa shape index (κ3) is 3.03. The van der Waals surface area contributed by atoms with Crippen molar-refractivity contribution in [1.82, 2.24) is 9.57 Å². The van der Waals surface area contributed by atoms with Crippen molar-refractivity contribution < 1.29 is 4.52 Å². The van der Waals surface area contributed by atoms with Gasteiger partial charge in [-0.05, 0) is 13.0 Å². The summed E-state index contributed by atoms with van der Waals surface area (Å²) in [6, 6.07) is 7.94. The predicted molar refractivity (Wildman–Crippen MR) is 82.4 cm³/mol. The van der Waals surface area contributed by atoms with E-state index in [9.17, 15) is 0 Å². The first-order valence-corrected chi connectivity index (χ1v) is 8.84. The van der Waals surface area contributed by atoms with Gasteiger partial charge in [0.2, 0.25) is 0 Å². The fourth-order valence-corrected chi connectivity index (χ4v) is 5.16. The third-order valence-corrected chi connectivity index (χ3v) is 6.67. The molecule has 19 heavy (non-hydrogen) atoms. The summed E-state index contributed by atoms with van der Waals surface area (Å²) >= 11 is 0. The lowest BCUT2D eigenvalue weighted by atomic mass is 10.1. The summed E-state index contributed by atoms with van der Waals surface area (Å²) in [7, 11) is -1.71. The minimum absolute atomic E-state index is 0.00702. The first-order valence-electron chi connectivity index (χ1n) is 6.81. The molecule has 1 aromatic carbocycles. The van der Waals surface area contributed by atoms with Crippen LogP contribution in [-0.2, 0) is 4.52 Å². The molecule has 0 amide bonds. The summed E-state index contributed by atoms with van der Waals surface area (Å²) in [4.78, 5) is 2.40. The van der Waals surface area contributed by atoms with Crippen molar-refractivity contribution >= 4 is 19.3 Å². The number of hydrogen-bond donors (Lipinski definition) is 1. The molecule has 2 N–H and O–H groups in total. The van der Waals surface area contributed by atoms with Gasteiger partial charge in [0, 0.05) is 37.4 Å². The summed E-state index contributed by atoms with van der Waals surface area (Å²) in [5.41, 5.74) is 7.91. The molecule has 0 bridgehead atoms. The van der Waals surface area contributed by atoms with Crippen LogP contribution in [0.4, 0.5) is 5.69 Å². The van der Waals surface area contributed by atoms with Crippen LogP contribution >= 0.6 is 7.26 Å². The van der Waals surface area contributed by atoms with Gasteiger partial charge in [-0.1, -0.05) is 24.5 Å².